The van der Waals surface area contributed by atoms with Gasteiger partial charge < -0.3 is 15.2 Å². The number of aliphatic hydroxyl groups excluding tert-OH is 1. The predicted octanol–water partition coefficient (Wildman–Crippen LogP) is 2.61. The molecule has 2 heterocycles. The van der Waals surface area contributed by atoms with Crippen molar-refractivity contribution >= 4 is 27.5 Å². The lowest BCUT2D eigenvalue weighted by molar-refractivity contribution is 0.0843. The van der Waals surface area contributed by atoms with E-state index in [4.69, 9.17) is 4.74 Å². The second kappa shape index (κ2) is 7.37. The van der Waals surface area contributed by atoms with Crippen LogP contribution < -0.4 is 10.1 Å². The molecule has 7 heteroatoms. The van der Waals surface area contributed by atoms with Crippen LogP contribution in [0.15, 0.2) is 48.0 Å². The van der Waals surface area contributed by atoms with Gasteiger partial charge in [-0.05, 0) is 41.8 Å². The van der Waals surface area contributed by atoms with Gasteiger partial charge >= 0.3 is 0 Å². The molecule has 0 aliphatic heterocycles. The van der Waals surface area contributed by atoms with Gasteiger partial charge in [-0.15, -0.1) is 11.3 Å². The number of ether oxygens (including phenoxy) is 1. The Hall–Kier alpha value is -2.51. The molecule has 0 bridgehead atoms. The Labute approximate surface area is 141 Å². The highest BCUT2D eigenvalue weighted by Crippen LogP contribution is 2.19. The molecule has 0 saturated carbocycles. The van der Waals surface area contributed by atoms with Crippen LogP contribution in [-0.2, 0) is 0 Å². The number of thiophene rings is 1. The zero-order chi connectivity index (χ0) is 16.9. The van der Waals surface area contributed by atoms with E-state index in [1.807, 2.05) is 11.4 Å². The number of aliphatic hydroxyl groups is 1. The topological polar surface area (TPSA) is 71.5 Å². The normalized spacial score (nSPS) is 12.1. The number of aromatic nitrogens is 1. The van der Waals surface area contributed by atoms with Crippen LogP contribution in [-0.4, -0.2) is 35.3 Å². The van der Waals surface area contributed by atoms with Crippen molar-refractivity contribution in [3.05, 3.63) is 59.4 Å². The largest absolute Gasteiger partial charge is 0.491 e. The number of carbonyl (C=O) groups is 1. The summed E-state index contributed by atoms with van der Waals surface area (Å²) in [5.41, 5.74) is 1.29. The fourth-order valence-electron chi connectivity index (χ4n) is 2.07. The van der Waals surface area contributed by atoms with E-state index >= 15 is 0 Å². The van der Waals surface area contributed by atoms with Gasteiger partial charge in [-0.1, -0.05) is 0 Å². The molecule has 2 N–H and O–H groups in total. The highest BCUT2D eigenvalue weighted by atomic mass is 32.1. The first kappa shape index (κ1) is 16.4. The lowest BCUT2D eigenvalue weighted by Gasteiger charge is -2.13. The number of halogens is 1. The van der Waals surface area contributed by atoms with Crippen LogP contribution in [0.3, 0.4) is 0 Å². The summed E-state index contributed by atoms with van der Waals surface area (Å²) >= 11 is 1.51. The highest BCUT2D eigenvalue weighted by Gasteiger charge is 2.11. The van der Waals surface area contributed by atoms with Crippen molar-refractivity contribution in [2.45, 2.75) is 6.10 Å². The molecule has 24 heavy (non-hydrogen) atoms. The first-order chi connectivity index (χ1) is 11.6. The number of hydrogen-bond donors (Lipinski definition) is 2. The number of nitrogens with zero attached hydrogens (tertiary/aromatic N) is 1. The van der Waals surface area contributed by atoms with E-state index in [0.29, 0.717) is 11.3 Å². The quantitative estimate of drug-likeness (QED) is 0.720. The van der Waals surface area contributed by atoms with Crippen molar-refractivity contribution in [1.82, 2.24) is 10.3 Å². The number of rotatable bonds is 6. The van der Waals surface area contributed by atoms with E-state index in [9.17, 15) is 14.3 Å². The van der Waals surface area contributed by atoms with E-state index in [-0.39, 0.29) is 24.9 Å². The second-order valence-electron chi connectivity index (χ2n) is 5.16. The average Bonchev–Trinajstić information content (AvgIpc) is 3.06. The predicted molar refractivity (Wildman–Crippen MR) is 89.9 cm³/mol. The minimum atomic E-state index is -0.877. The Bertz CT molecular complexity index is 835. The highest BCUT2D eigenvalue weighted by molar-refractivity contribution is 7.17. The molecule has 0 saturated heterocycles. The zero-order valence-electron chi connectivity index (χ0n) is 12.6. The Morgan fingerprint density at radius 2 is 2.12 bits per heavy atom. The van der Waals surface area contributed by atoms with Crippen LogP contribution in [0.5, 0.6) is 5.75 Å². The summed E-state index contributed by atoms with van der Waals surface area (Å²) in [7, 11) is 0. The number of benzene rings is 1. The Kier molecular flexibility index (Phi) is 5.02. The fourth-order valence-corrected chi connectivity index (χ4v) is 2.85. The van der Waals surface area contributed by atoms with Crippen molar-refractivity contribution in [3.8, 4) is 5.75 Å². The van der Waals surface area contributed by atoms with E-state index in [1.54, 1.807) is 6.07 Å². The van der Waals surface area contributed by atoms with Crippen LogP contribution in [0.25, 0.3) is 10.2 Å². The van der Waals surface area contributed by atoms with E-state index in [2.05, 4.69) is 10.3 Å². The van der Waals surface area contributed by atoms with Crippen LogP contribution in [0.4, 0.5) is 4.39 Å². The standard InChI is InChI=1S/C17H15FN2O3S/c18-12-1-3-14(4-2-12)23-10-13(21)9-20-17(22)11-7-16-15(19-8-11)5-6-24-16/h1-8,13,21H,9-10H2,(H,20,22). The van der Waals surface area contributed by atoms with Crippen molar-refractivity contribution in [1.29, 1.82) is 0 Å². The molecule has 0 aliphatic rings. The second-order valence-corrected chi connectivity index (χ2v) is 6.10. The number of pyridine rings is 1. The van der Waals surface area contributed by atoms with Crippen molar-refractivity contribution in [2.24, 2.45) is 0 Å². The Morgan fingerprint density at radius 1 is 1.33 bits per heavy atom. The number of amides is 1. The molecule has 1 unspecified atom stereocenters. The van der Waals surface area contributed by atoms with E-state index in [0.717, 1.165) is 10.2 Å². The molecule has 1 aromatic carbocycles. The average molecular weight is 346 g/mol. The van der Waals surface area contributed by atoms with Gasteiger partial charge in [-0.3, -0.25) is 9.78 Å². The summed E-state index contributed by atoms with van der Waals surface area (Å²) in [6.45, 7) is 0.0383. The SMILES string of the molecule is O=C(NCC(O)COc1ccc(F)cc1)c1cnc2ccsc2c1. The molecule has 3 rings (SSSR count). The maximum absolute atomic E-state index is 12.8. The third kappa shape index (κ3) is 4.06. The maximum Gasteiger partial charge on any atom is 0.252 e. The first-order valence-corrected chi connectivity index (χ1v) is 8.17. The van der Waals surface area contributed by atoms with Gasteiger partial charge in [0.15, 0.2) is 0 Å². The van der Waals surface area contributed by atoms with E-state index < -0.39 is 6.10 Å². The summed E-state index contributed by atoms with van der Waals surface area (Å²) in [6.07, 6.45) is 0.628. The van der Waals surface area contributed by atoms with Gasteiger partial charge in [0.05, 0.1) is 15.8 Å². The van der Waals surface area contributed by atoms with Gasteiger partial charge in [0.2, 0.25) is 0 Å². The van der Waals surface area contributed by atoms with Gasteiger partial charge in [-0.2, -0.15) is 0 Å². The first-order valence-electron chi connectivity index (χ1n) is 7.30. The minimum Gasteiger partial charge on any atom is -0.491 e. The smallest absolute Gasteiger partial charge is 0.252 e. The molecule has 0 aliphatic carbocycles. The lowest BCUT2D eigenvalue weighted by Crippen LogP contribution is -2.35. The molecule has 124 valence electrons. The summed E-state index contributed by atoms with van der Waals surface area (Å²) in [6, 6.07) is 9.15. The van der Waals surface area contributed by atoms with Gasteiger partial charge in [0, 0.05) is 12.7 Å². The fraction of sp³-hybridized carbons (Fsp3) is 0.176. The van der Waals surface area contributed by atoms with Gasteiger partial charge in [0.1, 0.15) is 24.3 Å². The molecule has 1 amide bonds. The third-order valence-electron chi connectivity index (χ3n) is 3.32. The summed E-state index contributed by atoms with van der Waals surface area (Å²) in [4.78, 5) is 16.3. The van der Waals surface area contributed by atoms with Crippen molar-refractivity contribution in [3.63, 3.8) is 0 Å². The molecule has 0 spiro atoms. The number of carbonyl (C=O) groups excluding carboxylic acids is 1. The number of hydrogen-bond acceptors (Lipinski definition) is 5. The lowest BCUT2D eigenvalue weighted by atomic mass is 10.2. The van der Waals surface area contributed by atoms with Crippen LogP contribution in [0.2, 0.25) is 0 Å². The third-order valence-corrected chi connectivity index (χ3v) is 4.17. The number of nitrogens with one attached hydrogen (secondary N) is 1. The van der Waals surface area contributed by atoms with Crippen LogP contribution >= 0.6 is 11.3 Å². The zero-order valence-corrected chi connectivity index (χ0v) is 13.4. The molecule has 3 aromatic rings. The summed E-state index contributed by atoms with van der Waals surface area (Å²) in [5, 5.41) is 14.4. The molecule has 2 aromatic heterocycles. The van der Waals surface area contributed by atoms with E-state index in [1.165, 1.54) is 41.8 Å². The maximum atomic E-state index is 12.8. The monoisotopic (exact) mass is 346 g/mol. The molecule has 1 atom stereocenters. The van der Waals surface area contributed by atoms with Crippen LogP contribution in [0.1, 0.15) is 10.4 Å². The van der Waals surface area contributed by atoms with Crippen molar-refractivity contribution < 1.29 is 19.0 Å². The molecular formula is C17H15FN2O3S. The molecule has 5 nitrogen and oxygen atoms in total. The molecule has 0 radical (unpaired) electrons. The molecule has 0 fully saturated rings. The van der Waals surface area contributed by atoms with Crippen LogP contribution in [0, 0.1) is 5.82 Å². The van der Waals surface area contributed by atoms with Gasteiger partial charge in [-0.25, -0.2) is 4.39 Å². The molecular weight excluding hydrogens is 331 g/mol. The Morgan fingerprint density at radius 3 is 2.92 bits per heavy atom. The summed E-state index contributed by atoms with van der Waals surface area (Å²) in [5.74, 6) is -0.209. The Balaban J connectivity index is 1.48. The number of fused-ring (bicyclic) bond motifs is 1. The minimum absolute atomic E-state index is 0.00583. The van der Waals surface area contributed by atoms with Crippen molar-refractivity contribution in [2.75, 3.05) is 13.2 Å². The van der Waals surface area contributed by atoms with Gasteiger partial charge in [0.25, 0.3) is 5.91 Å². The summed E-state index contributed by atoms with van der Waals surface area (Å²) < 4.78 is 19.0.